The third kappa shape index (κ3) is 7.23. The van der Waals surface area contributed by atoms with E-state index in [2.05, 4.69) is 106 Å². The molecule has 2 unspecified atom stereocenters. The van der Waals surface area contributed by atoms with Crippen LogP contribution in [0.15, 0.2) is 35.4 Å². The van der Waals surface area contributed by atoms with E-state index in [9.17, 15) is 0 Å². The molecular weight excluding hydrogens is 761 g/mol. The molecule has 0 bridgehead atoms. The molecule has 0 saturated carbocycles. The molecule has 41 heavy (non-hydrogen) atoms. The molecule has 0 N–H and O–H groups in total. The molecule has 0 aromatic heterocycles. The van der Waals surface area contributed by atoms with Gasteiger partial charge in [-0.1, -0.05) is 0 Å². The number of rotatable bonds is 10. The van der Waals surface area contributed by atoms with Crippen LogP contribution in [0.5, 0.6) is 0 Å². The third-order valence-corrected chi connectivity index (χ3v) is 52.8. The van der Waals surface area contributed by atoms with Gasteiger partial charge >= 0.3 is 279 Å². The molecule has 0 amide bonds. The van der Waals surface area contributed by atoms with Crippen LogP contribution in [0, 0.1) is 0 Å². The Balaban J connectivity index is 1.58. The van der Waals surface area contributed by atoms with Crippen molar-refractivity contribution >= 4 is 55.7 Å². The standard InChI is InChI=1S/2C16H21.C2H6Si.4ClH.2Zr/c2*1-10(2)13-8-14-6-12(5)7-16(14)15(9-13)11(3)4;1-3-2;;;;;;/h2*6-11H,1-5H3;1-3H2;4*1H;;/q;;;;;;;2*+2/p-4. The Kier molecular flexibility index (Phi) is 11.4. The third-order valence-electron chi connectivity index (χ3n) is 9.25. The van der Waals surface area contributed by atoms with Crippen LogP contribution >= 0.6 is 34.1 Å². The molecule has 2 aliphatic carbocycles. The van der Waals surface area contributed by atoms with Gasteiger partial charge in [0.25, 0.3) is 0 Å². The summed E-state index contributed by atoms with van der Waals surface area (Å²) in [6.45, 7) is 22.8. The van der Waals surface area contributed by atoms with E-state index in [0.29, 0.717) is 23.7 Å². The Morgan fingerprint density at radius 1 is 0.585 bits per heavy atom. The topological polar surface area (TPSA) is 0 Å². The van der Waals surface area contributed by atoms with Crippen molar-refractivity contribution in [3.8, 4) is 0 Å². The summed E-state index contributed by atoms with van der Waals surface area (Å²) in [6, 6.07) is 9.64. The van der Waals surface area contributed by atoms with Gasteiger partial charge in [0.05, 0.1) is 0 Å². The monoisotopic (exact) mass is 804 g/mol. The van der Waals surface area contributed by atoms with E-state index in [0.717, 1.165) is 7.50 Å². The van der Waals surface area contributed by atoms with E-state index in [-0.39, 0.29) is 7.25 Å². The Morgan fingerprint density at radius 3 is 1.22 bits per heavy atom. The van der Waals surface area contributed by atoms with Gasteiger partial charge in [0.15, 0.2) is 0 Å². The van der Waals surface area contributed by atoms with Crippen molar-refractivity contribution in [1.29, 1.82) is 0 Å². The van der Waals surface area contributed by atoms with Crippen LogP contribution in [0.3, 0.4) is 0 Å². The van der Waals surface area contributed by atoms with Gasteiger partial charge in [-0.3, -0.25) is 0 Å². The van der Waals surface area contributed by atoms with Gasteiger partial charge in [0, 0.05) is 0 Å². The fourth-order valence-electron chi connectivity index (χ4n) is 6.96. The average Bonchev–Trinajstić information content (AvgIpc) is 3.37. The number of halogens is 4. The van der Waals surface area contributed by atoms with Crippen LogP contribution in [-0.2, 0) is 35.8 Å². The van der Waals surface area contributed by atoms with Crippen LogP contribution < -0.4 is 0 Å². The summed E-state index contributed by atoms with van der Waals surface area (Å²) in [4.78, 5) is 0. The van der Waals surface area contributed by atoms with Gasteiger partial charge < -0.3 is 0 Å². The molecule has 0 heterocycles. The average molecular weight is 809 g/mol. The first-order chi connectivity index (χ1) is 19.0. The zero-order valence-corrected chi connectivity index (χ0v) is 35.9. The molecular formula is C34H48Cl4SiZr2. The molecule has 0 fully saturated rings. The number of fused-ring (bicyclic) bond motifs is 2. The SMILES string of the molecule is CC1=Cc2c(C(C)C)cc(C(C)C)cc2[CH]1[Zr]([Cl])([Cl])[CH2][SiH2][CH2][Zr]([Cl])([Cl])[CH]1C(C)=Cc2c(C(C)C)cc(C(C)C)cc21. The van der Waals surface area contributed by atoms with Crippen molar-refractivity contribution < 1.29 is 35.8 Å². The van der Waals surface area contributed by atoms with Crippen LogP contribution in [0.4, 0.5) is 0 Å². The zero-order valence-electron chi connectivity index (χ0n) is 26.6. The summed E-state index contributed by atoms with van der Waals surface area (Å²) >= 11 is -7.10. The number of hydrogen-bond donors (Lipinski definition) is 0. The molecule has 0 spiro atoms. The molecule has 0 saturated heterocycles. The van der Waals surface area contributed by atoms with Gasteiger partial charge in [0.2, 0.25) is 0 Å². The second-order valence-electron chi connectivity index (χ2n) is 13.9. The molecule has 7 heteroatoms. The van der Waals surface area contributed by atoms with Crippen molar-refractivity contribution in [3.05, 3.63) is 79.9 Å². The molecule has 224 valence electrons. The molecule has 2 aromatic rings. The second-order valence-corrected chi connectivity index (χ2v) is 51.5. The summed E-state index contributed by atoms with van der Waals surface area (Å²) in [7, 11) is 29.5. The summed E-state index contributed by atoms with van der Waals surface area (Å²) in [5.74, 6) is 1.89. The van der Waals surface area contributed by atoms with Crippen LogP contribution in [0.2, 0.25) is 7.50 Å². The quantitative estimate of drug-likeness (QED) is 0.210. The van der Waals surface area contributed by atoms with E-state index < -0.39 is 45.3 Å². The maximum absolute atomic E-state index is 7.53. The Labute approximate surface area is 275 Å². The van der Waals surface area contributed by atoms with Crippen molar-refractivity contribution in [3.63, 3.8) is 0 Å². The van der Waals surface area contributed by atoms with Gasteiger partial charge in [0.1, 0.15) is 0 Å². The molecule has 4 rings (SSSR count). The van der Waals surface area contributed by atoms with Crippen molar-refractivity contribution in [2.45, 2.75) is 108 Å². The summed E-state index contributed by atoms with van der Waals surface area (Å²) < 4.78 is 2.47. The predicted molar refractivity (Wildman–Crippen MR) is 184 cm³/mol. The van der Waals surface area contributed by atoms with Crippen molar-refractivity contribution in [2.75, 3.05) is 0 Å². The predicted octanol–water partition coefficient (Wildman–Crippen LogP) is 12.6. The van der Waals surface area contributed by atoms with Crippen LogP contribution in [-0.4, -0.2) is 9.52 Å². The second kappa shape index (κ2) is 13.4. The molecule has 2 aliphatic rings. The minimum absolute atomic E-state index is 0.220. The fourth-order valence-corrected chi connectivity index (χ4v) is 52.3. The Morgan fingerprint density at radius 2 is 0.927 bits per heavy atom. The number of allylic oxidation sites excluding steroid dienone is 2. The van der Waals surface area contributed by atoms with Crippen molar-refractivity contribution in [1.82, 2.24) is 0 Å². The van der Waals surface area contributed by atoms with Gasteiger partial charge in [-0.05, 0) is 0 Å². The van der Waals surface area contributed by atoms with Crippen molar-refractivity contribution in [2.24, 2.45) is 0 Å². The first-order valence-electron chi connectivity index (χ1n) is 15.4. The van der Waals surface area contributed by atoms with E-state index in [1.807, 2.05) is 0 Å². The minimum atomic E-state index is -3.55. The van der Waals surface area contributed by atoms with Crippen LogP contribution in [0.25, 0.3) is 12.2 Å². The van der Waals surface area contributed by atoms with E-state index in [4.69, 9.17) is 34.1 Å². The Bertz CT molecular complexity index is 1270. The first kappa shape index (κ1) is 34.9. The van der Waals surface area contributed by atoms with E-state index in [1.54, 1.807) is 0 Å². The summed E-state index contributed by atoms with van der Waals surface area (Å²) in [6.07, 6.45) is 4.76. The first-order valence-corrected chi connectivity index (χ1v) is 36.4. The molecule has 2 aromatic carbocycles. The van der Waals surface area contributed by atoms with E-state index >= 15 is 0 Å². The fraction of sp³-hybridized carbons (Fsp3) is 0.529. The molecule has 0 nitrogen and oxygen atoms in total. The number of hydrogen-bond acceptors (Lipinski definition) is 0. The Hall–Kier alpha value is 1.06. The number of benzene rings is 2. The maximum atomic E-state index is 7.53. The molecule has 2 atom stereocenters. The summed E-state index contributed by atoms with van der Waals surface area (Å²) in [5, 5.41) is 0. The zero-order chi connectivity index (χ0) is 30.6. The molecule has 0 radical (unpaired) electrons. The summed E-state index contributed by atoms with van der Waals surface area (Å²) in [5.41, 5.74) is 13.9. The van der Waals surface area contributed by atoms with Gasteiger partial charge in [-0.15, -0.1) is 0 Å². The van der Waals surface area contributed by atoms with E-state index in [1.165, 1.54) is 55.7 Å². The van der Waals surface area contributed by atoms with Gasteiger partial charge in [-0.2, -0.15) is 0 Å². The molecule has 0 aliphatic heterocycles. The van der Waals surface area contributed by atoms with Gasteiger partial charge in [-0.25, -0.2) is 0 Å². The normalized spacial score (nSPS) is 19.3. The van der Waals surface area contributed by atoms with Crippen LogP contribution in [0.1, 0.15) is 145 Å².